The second-order valence-corrected chi connectivity index (χ2v) is 7.06. The fourth-order valence-corrected chi connectivity index (χ4v) is 1.87. The molecule has 0 fully saturated rings. The number of ether oxygens (including phenoxy) is 1. The lowest BCUT2D eigenvalue weighted by atomic mass is 10.1. The third kappa shape index (κ3) is 9.11. The molecule has 0 aromatic rings. The van der Waals surface area contributed by atoms with Crippen LogP contribution in [0.3, 0.4) is 0 Å². The van der Waals surface area contributed by atoms with Crippen LogP contribution in [0.25, 0.3) is 0 Å². The number of hydrogen-bond donors (Lipinski definition) is 3. The highest BCUT2D eigenvalue weighted by Crippen LogP contribution is 2.04. The summed E-state index contributed by atoms with van der Waals surface area (Å²) in [4.78, 5) is 4.09. The minimum Gasteiger partial charge on any atom is -0.377 e. The van der Waals surface area contributed by atoms with Crippen molar-refractivity contribution in [3.8, 4) is 0 Å². The molecule has 0 saturated heterocycles. The number of sulfonamides is 1. The van der Waals surface area contributed by atoms with E-state index in [1.165, 1.54) is 0 Å². The Balaban J connectivity index is 3.88. The zero-order valence-electron chi connectivity index (χ0n) is 13.1. The summed E-state index contributed by atoms with van der Waals surface area (Å²) < 4.78 is 30.3. The van der Waals surface area contributed by atoms with Crippen LogP contribution < -0.4 is 15.4 Å². The topological polar surface area (TPSA) is 91.8 Å². The van der Waals surface area contributed by atoms with Gasteiger partial charge in [0.15, 0.2) is 5.96 Å². The number of nitrogens with one attached hydrogen (secondary N) is 3. The lowest BCUT2D eigenvalue weighted by molar-refractivity contribution is 0.0268. The molecule has 0 aromatic heterocycles. The van der Waals surface area contributed by atoms with Crippen molar-refractivity contribution in [2.75, 3.05) is 39.5 Å². The number of methoxy groups -OCH3 is 1. The van der Waals surface area contributed by atoms with Gasteiger partial charge in [-0.2, -0.15) is 0 Å². The molecule has 0 aliphatic rings. The van der Waals surface area contributed by atoms with E-state index >= 15 is 0 Å². The van der Waals surface area contributed by atoms with Crippen molar-refractivity contribution in [1.82, 2.24) is 15.4 Å². The molecule has 8 heteroatoms. The summed E-state index contributed by atoms with van der Waals surface area (Å²) in [5, 5.41) is 6.27. The molecule has 0 radical (unpaired) electrons. The third-order valence-electron chi connectivity index (χ3n) is 2.81. The average Bonchev–Trinajstić information content (AvgIpc) is 2.41. The van der Waals surface area contributed by atoms with Gasteiger partial charge >= 0.3 is 0 Å². The van der Waals surface area contributed by atoms with Gasteiger partial charge in [0.1, 0.15) is 0 Å². The van der Waals surface area contributed by atoms with Crippen LogP contribution in [0, 0.1) is 0 Å². The summed E-state index contributed by atoms with van der Waals surface area (Å²) in [6.07, 6.45) is 0.688. The van der Waals surface area contributed by atoms with Crippen LogP contribution in [0.5, 0.6) is 0 Å². The van der Waals surface area contributed by atoms with Crippen molar-refractivity contribution in [3.05, 3.63) is 0 Å². The van der Waals surface area contributed by atoms with Crippen molar-refractivity contribution < 1.29 is 13.2 Å². The molecule has 7 nitrogen and oxygen atoms in total. The van der Waals surface area contributed by atoms with Crippen LogP contribution in [-0.2, 0) is 14.8 Å². The highest BCUT2D eigenvalue weighted by atomic mass is 32.2. The van der Waals surface area contributed by atoms with Crippen LogP contribution in [0.1, 0.15) is 27.2 Å². The zero-order chi connectivity index (χ0) is 15.6. The molecule has 0 aromatic carbocycles. The lowest BCUT2D eigenvalue weighted by Gasteiger charge is -2.24. The van der Waals surface area contributed by atoms with Crippen molar-refractivity contribution in [2.45, 2.75) is 32.8 Å². The minimum absolute atomic E-state index is 0.107. The predicted molar refractivity (Wildman–Crippen MR) is 82.5 cm³/mol. The molecular weight excluding hydrogens is 280 g/mol. The van der Waals surface area contributed by atoms with Gasteiger partial charge in [-0.1, -0.05) is 0 Å². The van der Waals surface area contributed by atoms with Gasteiger partial charge in [0, 0.05) is 33.8 Å². The maximum Gasteiger partial charge on any atom is 0.211 e. The standard InChI is InChI=1S/C12H28N4O3S/c1-6-20(17,18)16-9-7-8-14-11(13-4)15-10-12(2,3)19-5/h16H,6-10H2,1-5H3,(H2,13,14,15). The molecule has 0 bridgehead atoms. The van der Waals surface area contributed by atoms with E-state index in [1.807, 2.05) is 13.8 Å². The Morgan fingerprint density at radius 1 is 1.25 bits per heavy atom. The maximum atomic E-state index is 11.2. The van der Waals surface area contributed by atoms with Gasteiger partial charge in [-0.15, -0.1) is 0 Å². The Kier molecular flexibility index (Phi) is 8.75. The average molecular weight is 308 g/mol. The number of aliphatic imine (C=N–C) groups is 1. The van der Waals surface area contributed by atoms with Crippen molar-refractivity contribution in [3.63, 3.8) is 0 Å². The second-order valence-electron chi connectivity index (χ2n) is 4.97. The van der Waals surface area contributed by atoms with Crippen LogP contribution in [0.2, 0.25) is 0 Å². The van der Waals surface area contributed by atoms with Gasteiger partial charge < -0.3 is 15.4 Å². The summed E-state index contributed by atoms with van der Waals surface area (Å²) in [6, 6.07) is 0. The molecule has 0 unspecified atom stereocenters. The quantitative estimate of drug-likeness (QED) is 0.314. The molecular formula is C12H28N4O3S. The van der Waals surface area contributed by atoms with Gasteiger partial charge in [0.25, 0.3) is 0 Å². The van der Waals surface area contributed by atoms with E-state index in [-0.39, 0.29) is 11.4 Å². The molecule has 0 aliphatic heterocycles. The Morgan fingerprint density at radius 2 is 1.90 bits per heavy atom. The molecule has 0 amide bonds. The molecule has 0 aliphatic carbocycles. The number of hydrogen-bond acceptors (Lipinski definition) is 4. The summed E-state index contributed by atoms with van der Waals surface area (Å²) in [6.45, 7) is 7.26. The highest BCUT2D eigenvalue weighted by Gasteiger charge is 2.16. The Labute approximate surface area is 122 Å². The molecule has 0 atom stereocenters. The Bertz CT molecular complexity index is 394. The first kappa shape index (κ1) is 19.1. The number of nitrogens with zero attached hydrogens (tertiary/aromatic N) is 1. The lowest BCUT2D eigenvalue weighted by Crippen LogP contribution is -2.45. The summed E-state index contributed by atoms with van der Waals surface area (Å²) in [7, 11) is 0.255. The normalized spacial score (nSPS) is 13.3. The first-order chi connectivity index (χ1) is 9.26. The SMILES string of the molecule is CCS(=O)(=O)NCCCNC(=NC)NCC(C)(C)OC. The monoisotopic (exact) mass is 308 g/mol. The zero-order valence-corrected chi connectivity index (χ0v) is 13.9. The van der Waals surface area contributed by atoms with Gasteiger partial charge in [-0.05, 0) is 27.2 Å². The highest BCUT2D eigenvalue weighted by molar-refractivity contribution is 7.89. The molecule has 20 heavy (non-hydrogen) atoms. The second kappa shape index (κ2) is 9.15. The molecule has 0 spiro atoms. The summed E-state index contributed by atoms with van der Waals surface area (Å²) >= 11 is 0. The predicted octanol–water partition coefficient (Wildman–Crippen LogP) is -0.0942. The summed E-state index contributed by atoms with van der Waals surface area (Å²) in [5.41, 5.74) is -0.269. The van der Waals surface area contributed by atoms with Crippen LogP contribution in [0.15, 0.2) is 4.99 Å². The van der Waals surface area contributed by atoms with Gasteiger partial charge in [-0.25, -0.2) is 13.1 Å². The van der Waals surface area contributed by atoms with Gasteiger partial charge in [0.2, 0.25) is 10.0 Å². The first-order valence-electron chi connectivity index (χ1n) is 6.73. The van der Waals surface area contributed by atoms with Crippen molar-refractivity contribution >= 4 is 16.0 Å². The van der Waals surface area contributed by atoms with E-state index in [2.05, 4.69) is 20.3 Å². The van der Waals surface area contributed by atoms with Crippen molar-refractivity contribution in [1.29, 1.82) is 0 Å². The van der Waals surface area contributed by atoms with E-state index in [0.29, 0.717) is 32.0 Å². The van der Waals surface area contributed by atoms with Gasteiger partial charge in [0.05, 0.1) is 11.4 Å². The molecule has 0 rings (SSSR count). The van der Waals surface area contributed by atoms with Gasteiger partial charge in [-0.3, -0.25) is 4.99 Å². The van der Waals surface area contributed by atoms with E-state index < -0.39 is 10.0 Å². The minimum atomic E-state index is -3.10. The Hall–Kier alpha value is -0.860. The maximum absolute atomic E-state index is 11.2. The Morgan fingerprint density at radius 3 is 2.40 bits per heavy atom. The third-order valence-corrected chi connectivity index (χ3v) is 4.21. The molecule has 0 heterocycles. The fourth-order valence-electron chi connectivity index (χ4n) is 1.21. The fraction of sp³-hybridized carbons (Fsp3) is 0.917. The molecule has 0 saturated carbocycles. The van der Waals surface area contributed by atoms with E-state index in [0.717, 1.165) is 0 Å². The smallest absolute Gasteiger partial charge is 0.211 e. The van der Waals surface area contributed by atoms with Crippen molar-refractivity contribution in [2.24, 2.45) is 4.99 Å². The van der Waals surface area contributed by atoms with Crippen LogP contribution in [-0.4, -0.2) is 59.5 Å². The largest absolute Gasteiger partial charge is 0.377 e. The first-order valence-corrected chi connectivity index (χ1v) is 8.38. The van der Waals surface area contributed by atoms with E-state index in [9.17, 15) is 8.42 Å². The molecule has 3 N–H and O–H groups in total. The van der Waals surface area contributed by atoms with E-state index in [1.54, 1.807) is 21.1 Å². The molecule has 120 valence electrons. The number of rotatable bonds is 9. The summed E-state index contributed by atoms with van der Waals surface area (Å²) in [5.74, 6) is 0.781. The van der Waals surface area contributed by atoms with E-state index in [4.69, 9.17) is 4.74 Å². The van der Waals surface area contributed by atoms with Crippen LogP contribution in [0.4, 0.5) is 0 Å². The number of guanidine groups is 1. The van der Waals surface area contributed by atoms with Crippen LogP contribution >= 0.6 is 0 Å².